The molecule has 0 unspecified atom stereocenters. The van der Waals surface area contributed by atoms with Gasteiger partial charge in [-0.2, -0.15) is 9.97 Å². The Hall–Kier alpha value is -2.21. The van der Waals surface area contributed by atoms with Gasteiger partial charge in [-0.05, 0) is 28.1 Å². The molecule has 0 atom stereocenters. The number of fused-ring (bicyclic) bond motifs is 1. The molecule has 3 rings (SSSR count). The van der Waals surface area contributed by atoms with Gasteiger partial charge >= 0.3 is 6.01 Å². The van der Waals surface area contributed by atoms with Gasteiger partial charge in [-0.3, -0.25) is 4.98 Å². The van der Waals surface area contributed by atoms with Gasteiger partial charge in [-0.25, -0.2) is 0 Å². The van der Waals surface area contributed by atoms with Crippen molar-refractivity contribution in [3.8, 4) is 11.8 Å². The molecule has 0 saturated heterocycles. The third-order valence-electron chi connectivity index (χ3n) is 2.47. The summed E-state index contributed by atoms with van der Waals surface area (Å²) in [5.41, 5.74) is 6.53. The van der Waals surface area contributed by atoms with Crippen molar-refractivity contribution < 1.29 is 4.74 Å². The lowest BCUT2D eigenvalue weighted by molar-refractivity contribution is 0.440. The first-order valence-corrected chi connectivity index (χ1v) is 6.33. The summed E-state index contributed by atoms with van der Waals surface area (Å²) in [5, 5.41) is 0.989. The summed E-state index contributed by atoms with van der Waals surface area (Å²) in [5.74, 6) is 0.904. The minimum atomic E-state index is 0.184. The number of nitrogens with two attached hydrogens (primary N) is 1. The third kappa shape index (κ3) is 2.63. The molecule has 0 aliphatic rings. The van der Waals surface area contributed by atoms with Gasteiger partial charge < -0.3 is 10.5 Å². The molecule has 0 fully saturated rings. The second-order valence-electron chi connectivity index (χ2n) is 3.86. The highest BCUT2D eigenvalue weighted by atomic mass is 79.9. The molecule has 2 aromatic heterocycles. The maximum Gasteiger partial charge on any atom is 0.325 e. The van der Waals surface area contributed by atoms with Crippen LogP contribution in [0.1, 0.15) is 0 Å². The molecule has 0 aliphatic heterocycles. The maximum atomic E-state index is 5.63. The van der Waals surface area contributed by atoms with Crippen LogP contribution in [-0.2, 0) is 0 Å². The molecule has 2 N–H and O–H groups in total. The van der Waals surface area contributed by atoms with Crippen molar-refractivity contribution in [2.45, 2.75) is 0 Å². The second-order valence-corrected chi connectivity index (χ2v) is 4.68. The molecule has 0 saturated carbocycles. The van der Waals surface area contributed by atoms with E-state index >= 15 is 0 Å². The van der Waals surface area contributed by atoms with Gasteiger partial charge in [0.25, 0.3) is 0 Å². The number of anilines is 1. The van der Waals surface area contributed by atoms with E-state index in [-0.39, 0.29) is 6.01 Å². The highest BCUT2D eigenvalue weighted by Gasteiger charge is 2.05. The number of hydrogen-bond acceptors (Lipinski definition) is 5. The number of halogens is 1. The van der Waals surface area contributed by atoms with Crippen LogP contribution in [0.3, 0.4) is 0 Å². The summed E-state index contributed by atoms with van der Waals surface area (Å²) in [7, 11) is 0. The SMILES string of the molecule is Nc1cc(Br)nc(Oc2cnc3ccccc3c2)n1. The Morgan fingerprint density at radius 3 is 2.79 bits per heavy atom. The number of nitrogen functional groups attached to an aromatic ring is 1. The molecule has 0 bridgehead atoms. The van der Waals surface area contributed by atoms with Gasteiger partial charge in [-0.1, -0.05) is 18.2 Å². The Kier molecular flexibility index (Phi) is 3.00. The summed E-state index contributed by atoms with van der Waals surface area (Å²) >= 11 is 3.24. The smallest absolute Gasteiger partial charge is 0.325 e. The van der Waals surface area contributed by atoms with Gasteiger partial charge in [0.2, 0.25) is 0 Å². The molecule has 0 amide bonds. The van der Waals surface area contributed by atoms with Gasteiger partial charge in [-0.15, -0.1) is 0 Å². The zero-order valence-electron chi connectivity index (χ0n) is 9.75. The standard InChI is InChI=1S/C13H9BrN4O/c14-11-6-12(15)18-13(17-11)19-9-5-8-3-1-2-4-10(8)16-7-9/h1-7H,(H2,15,17,18). The lowest BCUT2D eigenvalue weighted by Crippen LogP contribution is -1.97. The van der Waals surface area contributed by atoms with Crippen molar-refractivity contribution in [2.75, 3.05) is 5.73 Å². The first-order valence-electron chi connectivity index (χ1n) is 5.53. The number of para-hydroxylation sites is 1. The van der Waals surface area contributed by atoms with E-state index in [0.717, 1.165) is 10.9 Å². The first-order chi connectivity index (χ1) is 9.20. The lowest BCUT2D eigenvalue weighted by atomic mass is 10.2. The number of benzene rings is 1. The quantitative estimate of drug-likeness (QED) is 0.735. The molecule has 1 aromatic carbocycles. The average molecular weight is 317 g/mol. The fraction of sp³-hybridized carbons (Fsp3) is 0. The Morgan fingerprint density at radius 2 is 1.95 bits per heavy atom. The zero-order chi connectivity index (χ0) is 13.2. The van der Waals surface area contributed by atoms with E-state index < -0.39 is 0 Å². The van der Waals surface area contributed by atoms with Crippen LogP contribution in [-0.4, -0.2) is 15.0 Å². The van der Waals surface area contributed by atoms with E-state index in [2.05, 4.69) is 30.9 Å². The molecule has 3 aromatic rings. The van der Waals surface area contributed by atoms with Crippen LogP contribution in [0.5, 0.6) is 11.8 Å². The van der Waals surface area contributed by atoms with Crippen LogP contribution < -0.4 is 10.5 Å². The van der Waals surface area contributed by atoms with E-state index in [1.54, 1.807) is 12.3 Å². The third-order valence-corrected chi connectivity index (χ3v) is 2.87. The van der Waals surface area contributed by atoms with Crippen molar-refractivity contribution in [2.24, 2.45) is 0 Å². The minimum absolute atomic E-state index is 0.184. The summed E-state index contributed by atoms with van der Waals surface area (Å²) in [6.07, 6.45) is 1.63. The molecule has 0 aliphatic carbocycles. The lowest BCUT2D eigenvalue weighted by Gasteiger charge is -2.05. The predicted octanol–water partition coefficient (Wildman–Crippen LogP) is 3.16. The van der Waals surface area contributed by atoms with Crippen molar-refractivity contribution >= 4 is 32.7 Å². The van der Waals surface area contributed by atoms with Gasteiger partial charge in [0.05, 0.1) is 11.7 Å². The van der Waals surface area contributed by atoms with Crippen molar-refractivity contribution in [3.63, 3.8) is 0 Å². The Labute approximate surface area is 117 Å². The average Bonchev–Trinajstić information content (AvgIpc) is 2.37. The number of ether oxygens (including phenoxy) is 1. The van der Waals surface area contributed by atoms with Crippen LogP contribution >= 0.6 is 15.9 Å². The van der Waals surface area contributed by atoms with E-state index in [4.69, 9.17) is 10.5 Å². The molecule has 0 spiro atoms. The van der Waals surface area contributed by atoms with Gasteiger partial charge in [0, 0.05) is 11.5 Å². The van der Waals surface area contributed by atoms with Crippen LogP contribution in [0, 0.1) is 0 Å². The van der Waals surface area contributed by atoms with E-state index in [0.29, 0.717) is 16.2 Å². The maximum absolute atomic E-state index is 5.63. The zero-order valence-corrected chi connectivity index (χ0v) is 11.3. The number of rotatable bonds is 2. The molecule has 6 heteroatoms. The van der Waals surface area contributed by atoms with Crippen molar-refractivity contribution in [1.82, 2.24) is 15.0 Å². The summed E-state index contributed by atoms with van der Waals surface area (Å²) in [6, 6.07) is 11.4. The monoisotopic (exact) mass is 316 g/mol. The minimum Gasteiger partial charge on any atom is -0.423 e. The molecular formula is C13H9BrN4O. The largest absolute Gasteiger partial charge is 0.423 e. The Bertz CT molecular complexity index is 727. The Morgan fingerprint density at radius 1 is 1.11 bits per heavy atom. The fourth-order valence-corrected chi connectivity index (χ4v) is 2.06. The van der Waals surface area contributed by atoms with E-state index in [1.165, 1.54) is 0 Å². The number of nitrogens with zero attached hydrogens (tertiary/aromatic N) is 3. The summed E-state index contributed by atoms with van der Waals surface area (Å²) in [4.78, 5) is 12.4. The normalized spacial score (nSPS) is 10.6. The predicted molar refractivity (Wildman–Crippen MR) is 76.0 cm³/mol. The summed E-state index contributed by atoms with van der Waals surface area (Å²) < 4.78 is 6.13. The van der Waals surface area contributed by atoms with E-state index in [9.17, 15) is 0 Å². The van der Waals surface area contributed by atoms with Crippen LogP contribution in [0.2, 0.25) is 0 Å². The van der Waals surface area contributed by atoms with Crippen LogP contribution in [0.4, 0.5) is 5.82 Å². The Balaban J connectivity index is 1.96. The summed E-state index contributed by atoms with van der Waals surface area (Å²) in [6.45, 7) is 0. The molecule has 0 radical (unpaired) electrons. The molecule has 19 heavy (non-hydrogen) atoms. The van der Waals surface area contributed by atoms with Crippen LogP contribution in [0.25, 0.3) is 10.9 Å². The molecule has 5 nitrogen and oxygen atoms in total. The van der Waals surface area contributed by atoms with Crippen molar-refractivity contribution in [1.29, 1.82) is 0 Å². The molecule has 94 valence electrons. The van der Waals surface area contributed by atoms with Crippen molar-refractivity contribution in [3.05, 3.63) is 47.2 Å². The number of pyridine rings is 1. The van der Waals surface area contributed by atoms with Gasteiger partial charge in [0.1, 0.15) is 16.2 Å². The fourth-order valence-electron chi connectivity index (χ4n) is 1.67. The van der Waals surface area contributed by atoms with Gasteiger partial charge in [0.15, 0.2) is 0 Å². The van der Waals surface area contributed by atoms with Crippen LogP contribution in [0.15, 0.2) is 47.2 Å². The number of hydrogen-bond donors (Lipinski definition) is 1. The molecular weight excluding hydrogens is 308 g/mol. The van der Waals surface area contributed by atoms with E-state index in [1.807, 2.05) is 30.3 Å². The first kappa shape index (κ1) is 11.9. The number of aromatic nitrogens is 3. The molecule has 2 heterocycles. The highest BCUT2D eigenvalue weighted by molar-refractivity contribution is 9.10. The highest BCUT2D eigenvalue weighted by Crippen LogP contribution is 2.23. The second kappa shape index (κ2) is 4.81. The topological polar surface area (TPSA) is 73.9 Å².